The number of allylic oxidation sites excluding steroid dienone is 1. The van der Waals surface area contributed by atoms with E-state index in [9.17, 15) is 0 Å². The van der Waals surface area contributed by atoms with Crippen LogP contribution in [0.25, 0.3) is 0 Å². The number of fused-ring (bicyclic) bond motifs is 1. The molecule has 140 valence electrons. The molecule has 0 saturated heterocycles. The van der Waals surface area contributed by atoms with Crippen molar-refractivity contribution in [1.82, 2.24) is 19.2 Å². The van der Waals surface area contributed by atoms with Crippen LogP contribution in [0.2, 0.25) is 0 Å². The average molecular weight is 415 g/mol. The SMILES string of the molecule is C=CCn1c(C2CC2)nn(CN2CCc3sccc3[C@H]2c2cccs2)c1=S. The summed E-state index contributed by atoms with van der Waals surface area (Å²) >= 11 is 9.51. The molecule has 2 aliphatic rings. The third kappa shape index (κ3) is 3.16. The Balaban J connectivity index is 1.51. The molecule has 1 aliphatic carbocycles. The minimum absolute atomic E-state index is 0.302. The molecular weight excluding hydrogens is 392 g/mol. The molecule has 3 aromatic heterocycles. The zero-order valence-corrected chi connectivity index (χ0v) is 17.5. The van der Waals surface area contributed by atoms with Gasteiger partial charge < -0.3 is 0 Å². The van der Waals surface area contributed by atoms with E-state index in [0.717, 1.165) is 36.8 Å². The standard InChI is InChI=1S/C20H22N4S3/c1-2-9-23-19(14-5-6-14)21-24(20(23)25)13-22-10-7-16-15(8-12-27-16)18(22)17-4-3-11-26-17/h2-4,8,11-12,14,18H,1,5-7,9-10,13H2/t18-/m0/s1. The summed E-state index contributed by atoms with van der Waals surface area (Å²) in [6.07, 6.45) is 5.47. The van der Waals surface area contributed by atoms with E-state index >= 15 is 0 Å². The van der Waals surface area contributed by atoms with Crippen LogP contribution in [0.3, 0.4) is 0 Å². The molecule has 4 heterocycles. The van der Waals surface area contributed by atoms with Crippen molar-refractivity contribution >= 4 is 34.9 Å². The Hall–Kier alpha value is -1.54. The Kier molecular flexibility index (Phi) is 4.63. The van der Waals surface area contributed by atoms with Crippen molar-refractivity contribution < 1.29 is 0 Å². The molecule has 4 nitrogen and oxygen atoms in total. The summed E-state index contributed by atoms with van der Waals surface area (Å²) in [4.78, 5) is 5.44. The van der Waals surface area contributed by atoms with Crippen molar-refractivity contribution in [3.63, 3.8) is 0 Å². The fraction of sp³-hybridized carbons (Fsp3) is 0.400. The average Bonchev–Trinajstić information content (AvgIpc) is 3.07. The molecule has 27 heavy (non-hydrogen) atoms. The van der Waals surface area contributed by atoms with Gasteiger partial charge in [-0.1, -0.05) is 12.1 Å². The Morgan fingerprint density at radius 2 is 2.15 bits per heavy atom. The largest absolute Gasteiger partial charge is 0.300 e. The number of hydrogen-bond acceptors (Lipinski definition) is 5. The molecule has 1 atom stereocenters. The number of rotatable bonds is 6. The predicted octanol–water partition coefficient (Wildman–Crippen LogP) is 5.21. The van der Waals surface area contributed by atoms with Crippen LogP contribution in [0.1, 0.15) is 45.9 Å². The van der Waals surface area contributed by atoms with Gasteiger partial charge in [0, 0.05) is 28.8 Å². The Bertz CT molecular complexity index is 1010. The number of nitrogens with zero attached hydrogens (tertiary/aromatic N) is 4. The lowest BCUT2D eigenvalue weighted by Gasteiger charge is -2.35. The maximum Gasteiger partial charge on any atom is 0.199 e. The lowest BCUT2D eigenvalue weighted by atomic mass is 9.99. The maximum atomic E-state index is 5.79. The topological polar surface area (TPSA) is 26.0 Å². The fourth-order valence-electron chi connectivity index (χ4n) is 3.97. The highest BCUT2D eigenvalue weighted by Crippen LogP contribution is 2.41. The summed E-state index contributed by atoms with van der Waals surface area (Å²) in [6.45, 7) is 6.41. The zero-order valence-electron chi connectivity index (χ0n) is 15.1. The van der Waals surface area contributed by atoms with Gasteiger partial charge in [0.25, 0.3) is 0 Å². The van der Waals surface area contributed by atoms with Crippen LogP contribution in [0.5, 0.6) is 0 Å². The van der Waals surface area contributed by atoms with Crippen molar-refractivity contribution in [3.05, 3.63) is 67.5 Å². The van der Waals surface area contributed by atoms with Crippen LogP contribution in [0, 0.1) is 4.77 Å². The lowest BCUT2D eigenvalue weighted by molar-refractivity contribution is 0.158. The molecule has 5 rings (SSSR count). The van der Waals surface area contributed by atoms with Gasteiger partial charge in [-0.3, -0.25) is 9.47 Å². The summed E-state index contributed by atoms with van der Waals surface area (Å²) in [7, 11) is 0. The van der Waals surface area contributed by atoms with E-state index in [1.165, 1.54) is 28.2 Å². The molecule has 0 radical (unpaired) electrons. The van der Waals surface area contributed by atoms with Crippen LogP contribution in [0.15, 0.2) is 41.6 Å². The van der Waals surface area contributed by atoms with Gasteiger partial charge in [-0.05, 0) is 59.9 Å². The summed E-state index contributed by atoms with van der Waals surface area (Å²) in [5.74, 6) is 1.71. The minimum atomic E-state index is 0.302. The molecule has 0 spiro atoms. The molecule has 0 bridgehead atoms. The first kappa shape index (κ1) is 17.6. The van der Waals surface area contributed by atoms with Crippen molar-refractivity contribution in [1.29, 1.82) is 0 Å². The van der Waals surface area contributed by atoms with Gasteiger partial charge >= 0.3 is 0 Å². The highest BCUT2D eigenvalue weighted by molar-refractivity contribution is 7.71. The molecule has 0 N–H and O–H groups in total. The van der Waals surface area contributed by atoms with Gasteiger partial charge in [0.15, 0.2) is 4.77 Å². The normalized spacial score (nSPS) is 19.9. The molecule has 0 aromatic carbocycles. The van der Waals surface area contributed by atoms with E-state index in [1.54, 1.807) is 0 Å². The second-order valence-electron chi connectivity index (χ2n) is 7.23. The molecule has 7 heteroatoms. The third-order valence-electron chi connectivity index (χ3n) is 5.40. The van der Waals surface area contributed by atoms with E-state index in [-0.39, 0.29) is 0 Å². The van der Waals surface area contributed by atoms with Gasteiger partial charge in [0.05, 0.1) is 12.7 Å². The van der Waals surface area contributed by atoms with Crippen LogP contribution in [0.4, 0.5) is 0 Å². The van der Waals surface area contributed by atoms with Gasteiger partial charge in [0.1, 0.15) is 5.82 Å². The van der Waals surface area contributed by atoms with Crippen LogP contribution >= 0.6 is 34.9 Å². The number of aromatic nitrogens is 3. The zero-order chi connectivity index (χ0) is 18.4. The monoisotopic (exact) mass is 414 g/mol. The lowest BCUT2D eigenvalue weighted by Crippen LogP contribution is -2.36. The minimum Gasteiger partial charge on any atom is -0.300 e. The summed E-state index contributed by atoms with van der Waals surface area (Å²) in [5, 5.41) is 9.33. The molecular formula is C20H22N4S3. The molecule has 3 aromatic rings. The highest BCUT2D eigenvalue weighted by atomic mass is 32.1. The van der Waals surface area contributed by atoms with Gasteiger partial charge in [-0.25, -0.2) is 4.68 Å². The van der Waals surface area contributed by atoms with E-state index in [4.69, 9.17) is 17.3 Å². The van der Waals surface area contributed by atoms with Crippen molar-refractivity contribution in [3.8, 4) is 0 Å². The van der Waals surface area contributed by atoms with Crippen molar-refractivity contribution in [2.75, 3.05) is 6.54 Å². The van der Waals surface area contributed by atoms with E-state index in [1.807, 2.05) is 33.4 Å². The van der Waals surface area contributed by atoms with Gasteiger partial charge in [-0.15, -0.1) is 29.3 Å². The van der Waals surface area contributed by atoms with Gasteiger partial charge in [-0.2, -0.15) is 5.10 Å². The van der Waals surface area contributed by atoms with E-state index in [2.05, 4.69) is 45.0 Å². The molecule has 1 saturated carbocycles. The first-order chi connectivity index (χ1) is 13.3. The molecule has 1 aliphatic heterocycles. The van der Waals surface area contributed by atoms with Crippen LogP contribution in [-0.4, -0.2) is 25.8 Å². The van der Waals surface area contributed by atoms with Crippen molar-refractivity contribution in [2.24, 2.45) is 0 Å². The summed E-state index contributed by atoms with van der Waals surface area (Å²) in [6, 6.07) is 6.99. The summed E-state index contributed by atoms with van der Waals surface area (Å²) < 4.78 is 5.02. The maximum absolute atomic E-state index is 5.79. The van der Waals surface area contributed by atoms with Crippen molar-refractivity contribution in [2.45, 2.75) is 44.4 Å². The number of thiophene rings is 2. The predicted molar refractivity (Wildman–Crippen MR) is 114 cm³/mol. The molecule has 0 unspecified atom stereocenters. The summed E-state index contributed by atoms with van der Waals surface area (Å²) in [5.41, 5.74) is 1.45. The fourth-order valence-corrected chi connectivity index (χ4v) is 6.01. The Morgan fingerprint density at radius 1 is 1.26 bits per heavy atom. The quantitative estimate of drug-likeness (QED) is 0.409. The number of hydrogen-bond donors (Lipinski definition) is 0. The second-order valence-corrected chi connectivity index (χ2v) is 9.58. The third-order valence-corrected chi connectivity index (χ3v) is 7.75. The highest BCUT2D eigenvalue weighted by Gasteiger charge is 2.33. The van der Waals surface area contributed by atoms with E-state index < -0.39 is 0 Å². The van der Waals surface area contributed by atoms with Crippen LogP contribution in [-0.2, 0) is 19.6 Å². The van der Waals surface area contributed by atoms with Crippen LogP contribution < -0.4 is 0 Å². The first-order valence-electron chi connectivity index (χ1n) is 9.38. The molecule has 1 fully saturated rings. The second kappa shape index (κ2) is 7.13. The first-order valence-corrected chi connectivity index (χ1v) is 11.5. The van der Waals surface area contributed by atoms with E-state index in [0.29, 0.717) is 12.0 Å². The van der Waals surface area contributed by atoms with Gasteiger partial charge in [0.2, 0.25) is 0 Å². The Labute approximate surface area is 172 Å². The molecule has 0 amide bonds. The Morgan fingerprint density at radius 3 is 2.89 bits per heavy atom. The smallest absolute Gasteiger partial charge is 0.199 e.